The summed E-state index contributed by atoms with van der Waals surface area (Å²) in [5.74, 6) is 0. The summed E-state index contributed by atoms with van der Waals surface area (Å²) in [6, 6.07) is 8.77. The fourth-order valence-corrected chi connectivity index (χ4v) is 2.52. The van der Waals surface area contributed by atoms with Crippen molar-refractivity contribution in [2.24, 2.45) is 10.2 Å². The summed E-state index contributed by atoms with van der Waals surface area (Å²) in [5.41, 5.74) is 2.51. The van der Waals surface area contributed by atoms with Gasteiger partial charge in [0.1, 0.15) is 5.69 Å². The average molecular weight is 379 g/mol. The first-order valence-electron chi connectivity index (χ1n) is 6.96. The molecule has 0 aliphatic rings. The highest BCUT2D eigenvalue weighted by Gasteiger charge is 2.19. The molecule has 2 aromatic carbocycles. The highest BCUT2D eigenvalue weighted by molar-refractivity contribution is 7.89. The Balaban J connectivity index is 2.36. The molecule has 136 valence electrons. The number of hydrogen-bond donors (Lipinski definition) is 2. The number of nitrogens with zero attached hydrogens (tertiary/aromatic N) is 3. The maximum Gasteiger partial charge on any atom is 0.295 e. The molecule has 0 atom stereocenters. The summed E-state index contributed by atoms with van der Waals surface area (Å²) in [7, 11) is -4.09. The van der Waals surface area contributed by atoms with E-state index < -0.39 is 30.5 Å². The van der Waals surface area contributed by atoms with Crippen molar-refractivity contribution in [3.8, 4) is 0 Å². The van der Waals surface area contributed by atoms with Gasteiger partial charge in [0.25, 0.3) is 11.4 Å². The highest BCUT2D eigenvalue weighted by atomic mass is 32.2. The number of anilines is 1. The molecule has 0 radical (unpaired) electrons. The standard InChI is InChI=1S/C14H13N5O6S/c1-9(10-3-2-4-11(7-10)18(20)21)16-17-13-6-5-12(26(15,24)25)8-14(13)19(22)23/h2-8,17H,1H3,(H2,15,24,25)/b16-9-. The molecule has 0 heterocycles. The maximum absolute atomic E-state index is 11.3. The lowest BCUT2D eigenvalue weighted by Gasteiger charge is -2.06. The zero-order valence-corrected chi connectivity index (χ0v) is 14.1. The zero-order valence-electron chi connectivity index (χ0n) is 13.3. The molecule has 3 N–H and O–H groups in total. The Morgan fingerprint density at radius 1 is 1.12 bits per heavy atom. The number of nitrogens with two attached hydrogens (primary N) is 1. The van der Waals surface area contributed by atoms with E-state index in [1.54, 1.807) is 13.0 Å². The summed E-state index contributed by atoms with van der Waals surface area (Å²) >= 11 is 0. The predicted molar refractivity (Wildman–Crippen MR) is 93.4 cm³/mol. The highest BCUT2D eigenvalue weighted by Crippen LogP contribution is 2.27. The van der Waals surface area contributed by atoms with Crippen molar-refractivity contribution >= 4 is 32.8 Å². The van der Waals surface area contributed by atoms with Crippen LogP contribution in [0.5, 0.6) is 0 Å². The van der Waals surface area contributed by atoms with Crippen LogP contribution < -0.4 is 10.6 Å². The van der Waals surface area contributed by atoms with E-state index in [2.05, 4.69) is 10.5 Å². The summed E-state index contributed by atoms with van der Waals surface area (Å²) in [6.45, 7) is 1.55. The lowest BCUT2D eigenvalue weighted by molar-refractivity contribution is -0.384. The number of nitrogens with one attached hydrogen (secondary N) is 1. The topological polar surface area (TPSA) is 171 Å². The largest absolute Gasteiger partial charge is 0.295 e. The summed E-state index contributed by atoms with van der Waals surface area (Å²) < 4.78 is 22.6. The van der Waals surface area contributed by atoms with Crippen LogP contribution in [0, 0.1) is 20.2 Å². The van der Waals surface area contributed by atoms with Gasteiger partial charge in [-0.25, -0.2) is 13.6 Å². The van der Waals surface area contributed by atoms with E-state index in [-0.39, 0.29) is 11.4 Å². The Hall–Kier alpha value is -3.38. The second-order valence-corrected chi connectivity index (χ2v) is 6.66. The van der Waals surface area contributed by atoms with Crippen molar-refractivity contribution < 1.29 is 18.3 Å². The number of sulfonamides is 1. The van der Waals surface area contributed by atoms with Gasteiger partial charge in [0.15, 0.2) is 0 Å². The Labute approximate surface area is 147 Å². The second-order valence-electron chi connectivity index (χ2n) is 5.10. The van der Waals surface area contributed by atoms with E-state index in [0.717, 1.165) is 18.2 Å². The van der Waals surface area contributed by atoms with Crippen molar-refractivity contribution in [2.45, 2.75) is 11.8 Å². The minimum atomic E-state index is -4.09. The predicted octanol–water partition coefficient (Wildman–Crippen LogP) is 1.99. The van der Waals surface area contributed by atoms with Crippen molar-refractivity contribution in [1.82, 2.24) is 0 Å². The van der Waals surface area contributed by atoms with Gasteiger partial charge in [0, 0.05) is 23.8 Å². The van der Waals surface area contributed by atoms with Crippen LogP contribution in [0.25, 0.3) is 0 Å². The van der Waals surface area contributed by atoms with Crippen LogP contribution in [-0.4, -0.2) is 24.0 Å². The van der Waals surface area contributed by atoms with Crippen LogP contribution >= 0.6 is 0 Å². The Bertz CT molecular complexity index is 1020. The lowest BCUT2D eigenvalue weighted by atomic mass is 10.1. The van der Waals surface area contributed by atoms with Crippen LogP contribution in [0.4, 0.5) is 17.1 Å². The smallest absolute Gasteiger partial charge is 0.271 e. The third-order valence-electron chi connectivity index (χ3n) is 3.31. The molecule has 0 spiro atoms. The van der Waals surface area contributed by atoms with E-state index >= 15 is 0 Å². The molecule has 12 heteroatoms. The van der Waals surface area contributed by atoms with Gasteiger partial charge in [-0.3, -0.25) is 25.7 Å². The first kappa shape index (κ1) is 19.0. The first-order valence-corrected chi connectivity index (χ1v) is 8.50. The fourth-order valence-electron chi connectivity index (χ4n) is 1.99. The Morgan fingerprint density at radius 2 is 1.81 bits per heavy atom. The van der Waals surface area contributed by atoms with Gasteiger partial charge >= 0.3 is 0 Å². The van der Waals surface area contributed by atoms with E-state index in [4.69, 9.17) is 5.14 Å². The van der Waals surface area contributed by atoms with Crippen molar-refractivity contribution in [3.63, 3.8) is 0 Å². The van der Waals surface area contributed by atoms with Crippen LogP contribution in [-0.2, 0) is 10.0 Å². The second kappa shape index (κ2) is 7.25. The summed E-state index contributed by atoms with van der Waals surface area (Å²) in [5, 5.41) is 30.9. The molecule has 11 nitrogen and oxygen atoms in total. The van der Waals surface area contributed by atoms with Gasteiger partial charge in [-0.2, -0.15) is 5.10 Å². The number of hydrazone groups is 1. The molecule has 0 unspecified atom stereocenters. The molecule has 0 aliphatic carbocycles. The monoisotopic (exact) mass is 379 g/mol. The number of hydrogen-bond acceptors (Lipinski definition) is 8. The average Bonchev–Trinajstić information content (AvgIpc) is 2.58. The SMILES string of the molecule is C/C(=N/Nc1ccc(S(N)(=O)=O)cc1[N+](=O)[O-])c1cccc([N+](=O)[O-])c1. The van der Waals surface area contributed by atoms with Crippen molar-refractivity contribution in [3.05, 3.63) is 68.3 Å². The van der Waals surface area contributed by atoms with Crippen LogP contribution in [0.1, 0.15) is 12.5 Å². The van der Waals surface area contributed by atoms with Gasteiger partial charge in [0.05, 0.1) is 20.5 Å². The minimum Gasteiger partial charge on any atom is -0.271 e. The number of nitro benzene ring substituents is 2. The molecule has 0 bridgehead atoms. The molecule has 26 heavy (non-hydrogen) atoms. The number of nitro groups is 2. The number of benzene rings is 2. The number of rotatable bonds is 6. The molecule has 0 saturated carbocycles. The van der Waals surface area contributed by atoms with Gasteiger partial charge < -0.3 is 0 Å². The van der Waals surface area contributed by atoms with E-state index in [0.29, 0.717) is 11.3 Å². The van der Waals surface area contributed by atoms with E-state index in [9.17, 15) is 28.6 Å². The van der Waals surface area contributed by atoms with Crippen LogP contribution in [0.15, 0.2) is 52.5 Å². The normalized spacial score (nSPS) is 11.8. The van der Waals surface area contributed by atoms with Crippen molar-refractivity contribution in [2.75, 3.05) is 5.43 Å². The van der Waals surface area contributed by atoms with Crippen molar-refractivity contribution in [1.29, 1.82) is 0 Å². The molecule has 2 aromatic rings. The quantitative estimate of drug-likeness (QED) is 0.439. The number of non-ortho nitro benzene ring substituents is 1. The minimum absolute atomic E-state index is 0.0628. The summed E-state index contributed by atoms with van der Waals surface area (Å²) in [6.07, 6.45) is 0. The van der Waals surface area contributed by atoms with Crippen LogP contribution in [0.3, 0.4) is 0 Å². The third-order valence-corrected chi connectivity index (χ3v) is 4.22. The van der Waals surface area contributed by atoms with Crippen LogP contribution in [0.2, 0.25) is 0 Å². The van der Waals surface area contributed by atoms with Gasteiger partial charge in [-0.05, 0) is 19.1 Å². The van der Waals surface area contributed by atoms with Gasteiger partial charge in [-0.15, -0.1) is 0 Å². The maximum atomic E-state index is 11.3. The van der Waals surface area contributed by atoms with Gasteiger partial charge in [0.2, 0.25) is 10.0 Å². The molecule has 0 amide bonds. The first-order chi connectivity index (χ1) is 12.1. The third kappa shape index (κ3) is 4.37. The van der Waals surface area contributed by atoms with E-state index in [1.165, 1.54) is 18.2 Å². The molecule has 0 aliphatic heterocycles. The molecule has 0 saturated heterocycles. The summed E-state index contributed by atoms with van der Waals surface area (Å²) in [4.78, 5) is 20.2. The lowest BCUT2D eigenvalue weighted by Crippen LogP contribution is -2.12. The Morgan fingerprint density at radius 3 is 2.38 bits per heavy atom. The molecular formula is C14H13N5O6S. The van der Waals surface area contributed by atoms with Gasteiger partial charge in [-0.1, -0.05) is 12.1 Å². The molecule has 0 fully saturated rings. The Kier molecular flexibility index (Phi) is 5.28. The number of primary sulfonamides is 1. The fraction of sp³-hybridized carbons (Fsp3) is 0.0714. The zero-order chi connectivity index (χ0) is 19.5. The molecule has 2 rings (SSSR count). The molecular weight excluding hydrogens is 366 g/mol. The molecule has 0 aromatic heterocycles. The van der Waals surface area contributed by atoms with E-state index in [1.807, 2.05) is 0 Å².